The maximum Gasteiger partial charge on any atom is 0.341 e. The topological polar surface area (TPSA) is 64.6 Å². The number of benzene rings is 1. The molecular formula is C15H18INO4. The molecular weight excluding hydrogens is 385 g/mol. The number of halogens is 1. The van der Waals surface area contributed by atoms with Crippen LogP contribution in [0.4, 0.5) is 0 Å². The summed E-state index contributed by atoms with van der Waals surface area (Å²) < 4.78 is 9.93. The summed E-state index contributed by atoms with van der Waals surface area (Å²) in [6.07, 6.45) is 4.14. The van der Waals surface area contributed by atoms with Gasteiger partial charge in [-0.2, -0.15) is 0 Å². The molecule has 0 atom stereocenters. The minimum Gasteiger partial charge on any atom is -0.497 e. The molecule has 1 N–H and O–H groups in total. The van der Waals surface area contributed by atoms with E-state index in [0.717, 1.165) is 19.3 Å². The summed E-state index contributed by atoms with van der Waals surface area (Å²) in [4.78, 5) is 24.5. The number of hydrogen-bond acceptors (Lipinski definition) is 4. The Labute approximate surface area is 138 Å². The van der Waals surface area contributed by atoms with Crippen LogP contribution in [0, 0.1) is 0 Å². The van der Waals surface area contributed by atoms with Gasteiger partial charge in [0, 0.05) is 5.56 Å². The fourth-order valence-corrected chi connectivity index (χ4v) is 3.06. The van der Waals surface area contributed by atoms with Crippen molar-refractivity contribution < 1.29 is 17.4 Å². The monoisotopic (exact) mass is 403 g/mol. The van der Waals surface area contributed by atoms with E-state index in [1.165, 1.54) is 0 Å². The Morgan fingerprint density at radius 1 is 1.14 bits per heavy atom. The van der Waals surface area contributed by atoms with Crippen molar-refractivity contribution in [3.63, 3.8) is 0 Å². The standard InChI is InChI=1S/C15H18INO4/c1-20-12-7-5-11(6-8-12)13(18)17-15(14(19)21-16)9-3-2-4-10-15/h5-8H,2-4,9-10H2,1H3,(H,17,18). The lowest BCUT2D eigenvalue weighted by molar-refractivity contribution is -0.139. The smallest absolute Gasteiger partial charge is 0.341 e. The molecule has 21 heavy (non-hydrogen) atoms. The number of hydrogen-bond donors (Lipinski definition) is 1. The summed E-state index contributed by atoms with van der Waals surface area (Å²) in [6.45, 7) is 0. The number of rotatable bonds is 4. The van der Waals surface area contributed by atoms with Gasteiger partial charge < -0.3 is 13.1 Å². The summed E-state index contributed by atoms with van der Waals surface area (Å²) in [5.74, 6) is 0.0524. The van der Waals surface area contributed by atoms with E-state index >= 15 is 0 Å². The Morgan fingerprint density at radius 3 is 2.29 bits per heavy atom. The van der Waals surface area contributed by atoms with Gasteiger partial charge in [0.15, 0.2) is 23.0 Å². The first kappa shape index (κ1) is 16.1. The molecule has 0 spiro atoms. The van der Waals surface area contributed by atoms with Crippen molar-refractivity contribution in [2.45, 2.75) is 37.6 Å². The predicted molar refractivity (Wildman–Crippen MR) is 86.4 cm³/mol. The summed E-state index contributed by atoms with van der Waals surface area (Å²) in [7, 11) is 1.57. The van der Waals surface area contributed by atoms with Gasteiger partial charge in [-0.05, 0) is 37.1 Å². The van der Waals surface area contributed by atoms with Gasteiger partial charge in [-0.1, -0.05) is 19.3 Å². The second-order valence-corrected chi connectivity index (χ2v) is 5.63. The molecule has 2 rings (SSSR count). The van der Waals surface area contributed by atoms with Crippen molar-refractivity contribution >= 4 is 34.9 Å². The fraction of sp³-hybridized carbons (Fsp3) is 0.467. The minimum absolute atomic E-state index is 0.263. The van der Waals surface area contributed by atoms with E-state index in [4.69, 9.17) is 7.80 Å². The maximum atomic E-state index is 12.4. The predicted octanol–water partition coefficient (Wildman–Crippen LogP) is 3.02. The highest BCUT2D eigenvalue weighted by atomic mass is 127. The van der Waals surface area contributed by atoms with Crippen molar-refractivity contribution in [2.75, 3.05) is 7.11 Å². The Kier molecular flexibility index (Phi) is 5.44. The number of carbonyl (C=O) groups is 2. The molecule has 5 nitrogen and oxygen atoms in total. The molecule has 6 heteroatoms. The molecule has 1 aromatic rings. The van der Waals surface area contributed by atoms with Gasteiger partial charge in [-0.25, -0.2) is 4.79 Å². The third-order valence-corrected chi connectivity index (χ3v) is 4.27. The summed E-state index contributed by atoms with van der Waals surface area (Å²) in [6, 6.07) is 6.80. The highest BCUT2D eigenvalue weighted by Crippen LogP contribution is 2.30. The first-order chi connectivity index (χ1) is 10.1. The van der Waals surface area contributed by atoms with Crippen LogP contribution in [-0.2, 0) is 7.86 Å². The summed E-state index contributed by atoms with van der Waals surface area (Å²) in [5, 5.41) is 2.88. The van der Waals surface area contributed by atoms with Crippen LogP contribution in [0.15, 0.2) is 24.3 Å². The number of carbonyl (C=O) groups excluding carboxylic acids is 2. The molecule has 1 aliphatic carbocycles. The second-order valence-electron chi connectivity index (χ2n) is 5.19. The maximum absolute atomic E-state index is 12.4. The zero-order chi connectivity index (χ0) is 15.3. The molecule has 0 heterocycles. The third-order valence-electron chi connectivity index (χ3n) is 3.87. The lowest BCUT2D eigenvalue weighted by Gasteiger charge is -2.34. The molecule has 1 aromatic carbocycles. The molecule has 114 valence electrons. The van der Waals surface area contributed by atoms with E-state index < -0.39 is 5.54 Å². The van der Waals surface area contributed by atoms with E-state index in [0.29, 0.717) is 24.2 Å². The lowest BCUT2D eigenvalue weighted by atomic mass is 9.81. The zero-order valence-corrected chi connectivity index (χ0v) is 14.0. The van der Waals surface area contributed by atoms with Crippen LogP contribution in [-0.4, -0.2) is 24.5 Å². The third kappa shape index (κ3) is 3.66. The normalized spacial score (nSPS) is 16.9. The Balaban J connectivity index is 2.15. The van der Waals surface area contributed by atoms with Gasteiger partial charge in [-0.15, -0.1) is 0 Å². The average molecular weight is 403 g/mol. The Morgan fingerprint density at radius 2 is 1.76 bits per heavy atom. The van der Waals surface area contributed by atoms with Crippen molar-refractivity contribution in [3.05, 3.63) is 29.8 Å². The molecule has 1 aliphatic rings. The average Bonchev–Trinajstić information content (AvgIpc) is 2.55. The summed E-state index contributed by atoms with van der Waals surface area (Å²) in [5.41, 5.74) is -0.391. The second kappa shape index (κ2) is 7.11. The first-order valence-corrected chi connectivity index (χ1v) is 7.79. The van der Waals surface area contributed by atoms with E-state index in [9.17, 15) is 9.59 Å². The van der Waals surface area contributed by atoms with Gasteiger partial charge in [0.1, 0.15) is 11.3 Å². The van der Waals surface area contributed by atoms with Crippen molar-refractivity contribution in [3.8, 4) is 5.75 Å². The number of ether oxygens (including phenoxy) is 1. The molecule has 0 saturated heterocycles. The SMILES string of the molecule is COc1ccc(C(=O)NC2(C(=O)OI)CCCCC2)cc1. The van der Waals surface area contributed by atoms with Gasteiger partial charge in [0.25, 0.3) is 5.91 Å². The zero-order valence-electron chi connectivity index (χ0n) is 11.9. The van der Waals surface area contributed by atoms with Crippen LogP contribution in [0.25, 0.3) is 0 Å². The molecule has 0 bridgehead atoms. The van der Waals surface area contributed by atoms with Gasteiger partial charge in [-0.3, -0.25) is 4.79 Å². The number of amides is 1. The van der Waals surface area contributed by atoms with Crippen LogP contribution < -0.4 is 10.1 Å². The van der Waals surface area contributed by atoms with E-state index in [1.807, 2.05) is 0 Å². The van der Waals surface area contributed by atoms with Gasteiger partial charge in [0.2, 0.25) is 0 Å². The van der Waals surface area contributed by atoms with Crippen LogP contribution >= 0.6 is 23.0 Å². The Bertz CT molecular complexity index is 509. The highest BCUT2D eigenvalue weighted by Gasteiger charge is 2.42. The van der Waals surface area contributed by atoms with Crippen LogP contribution in [0.1, 0.15) is 42.5 Å². The van der Waals surface area contributed by atoms with E-state index in [1.54, 1.807) is 54.4 Å². The highest BCUT2D eigenvalue weighted by molar-refractivity contribution is 14.1. The van der Waals surface area contributed by atoms with Crippen LogP contribution in [0.3, 0.4) is 0 Å². The van der Waals surface area contributed by atoms with Crippen LogP contribution in [0.5, 0.6) is 5.75 Å². The van der Waals surface area contributed by atoms with Gasteiger partial charge >= 0.3 is 5.97 Å². The molecule has 0 unspecified atom stereocenters. The van der Waals surface area contributed by atoms with Crippen molar-refractivity contribution in [2.24, 2.45) is 0 Å². The molecule has 0 aliphatic heterocycles. The number of methoxy groups -OCH3 is 1. The van der Waals surface area contributed by atoms with E-state index in [-0.39, 0.29) is 11.9 Å². The van der Waals surface area contributed by atoms with Crippen molar-refractivity contribution in [1.82, 2.24) is 5.32 Å². The Hall–Kier alpha value is -1.31. The van der Waals surface area contributed by atoms with Crippen molar-refractivity contribution in [1.29, 1.82) is 0 Å². The fourth-order valence-electron chi connectivity index (χ4n) is 2.64. The van der Waals surface area contributed by atoms with E-state index in [2.05, 4.69) is 5.32 Å². The molecule has 1 fully saturated rings. The minimum atomic E-state index is -0.892. The number of nitrogens with one attached hydrogen (secondary N) is 1. The molecule has 0 aromatic heterocycles. The quantitative estimate of drug-likeness (QED) is 0.786. The van der Waals surface area contributed by atoms with Crippen LogP contribution in [0.2, 0.25) is 0 Å². The molecule has 1 saturated carbocycles. The van der Waals surface area contributed by atoms with Gasteiger partial charge in [0.05, 0.1) is 7.11 Å². The summed E-state index contributed by atoms with van der Waals surface area (Å²) >= 11 is 1.58. The molecule has 1 amide bonds. The first-order valence-electron chi connectivity index (χ1n) is 6.91. The molecule has 0 radical (unpaired) electrons. The largest absolute Gasteiger partial charge is 0.497 e. The lowest BCUT2D eigenvalue weighted by Crippen LogP contribution is -2.55.